The van der Waals surface area contributed by atoms with Crippen molar-refractivity contribution in [2.75, 3.05) is 0 Å². The van der Waals surface area contributed by atoms with E-state index in [-0.39, 0.29) is 17.5 Å². The second-order valence-corrected chi connectivity index (χ2v) is 3.58. The van der Waals surface area contributed by atoms with Crippen LogP contribution in [0.25, 0.3) is 0 Å². The molecule has 0 radical (unpaired) electrons. The Morgan fingerprint density at radius 2 is 1.69 bits per heavy atom. The Morgan fingerprint density at radius 1 is 1.06 bits per heavy atom. The predicted molar refractivity (Wildman–Crippen MR) is 54.3 cm³/mol. The van der Waals surface area contributed by atoms with Gasteiger partial charge in [-0.1, -0.05) is 24.3 Å². The fourth-order valence-electron chi connectivity index (χ4n) is 1.94. The van der Waals surface area contributed by atoms with Crippen LogP contribution in [-0.4, -0.2) is 16.6 Å². The van der Waals surface area contributed by atoms with E-state index in [1.807, 2.05) is 0 Å². The Hall–Kier alpha value is -2.23. The first-order chi connectivity index (χ1) is 7.79. The Kier molecular flexibility index (Phi) is 1.77. The molecule has 3 rings (SSSR count). The zero-order valence-corrected chi connectivity index (χ0v) is 8.21. The SMILES string of the molecule is O=C1c2ccccc2C(=O)C1c1ncco1. The van der Waals surface area contributed by atoms with E-state index in [2.05, 4.69) is 4.98 Å². The van der Waals surface area contributed by atoms with Gasteiger partial charge in [-0.25, -0.2) is 4.98 Å². The predicted octanol–water partition coefficient (Wildman–Crippen LogP) is 1.84. The molecule has 0 saturated heterocycles. The Bertz CT molecular complexity index is 537. The lowest BCUT2D eigenvalue weighted by atomic mass is 10.0. The summed E-state index contributed by atoms with van der Waals surface area (Å²) in [4.78, 5) is 27.8. The van der Waals surface area contributed by atoms with Gasteiger partial charge in [0, 0.05) is 11.1 Å². The van der Waals surface area contributed by atoms with Gasteiger partial charge in [0.15, 0.2) is 17.5 Å². The molecular weight excluding hydrogens is 206 g/mol. The average molecular weight is 213 g/mol. The minimum absolute atomic E-state index is 0.172. The standard InChI is InChI=1S/C12H7NO3/c14-10-7-3-1-2-4-8(7)11(15)9(10)12-13-5-6-16-12/h1-6,9H. The van der Waals surface area contributed by atoms with Crippen molar-refractivity contribution >= 4 is 11.6 Å². The first-order valence-electron chi connectivity index (χ1n) is 4.86. The van der Waals surface area contributed by atoms with Crippen molar-refractivity contribution in [1.82, 2.24) is 4.98 Å². The summed E-state index contributed by atoms with van der Waals surface area (Å²) in [5, 5.41) is 0. The monoisotopic (exact) mass is 213 g/mol. The first kappa shape index (κ1) is 9.03. The molecule has 16 heavy (non-hydrogen) atoms. The van der Waals surface area contributed by atoms with E-state index in [4.69, 9.17) is 4.42 Å². The number of hydrogen-bond acceptors (Lipinski definition) is 4. The summed E-state index contributed by atoms with van der Waals surface area (Å²) >= 11 is 0. The highest BCUT2D eigenvalue weighted by Gasteiger charge is 2.41. The molecule has 1 aliphatic rings. The van der Waals surface area contributed by atoms with Gasteiger partial charge < -0.3 is 4.42 Å². The van der Waals surface area contributed by atoms with E-state index >= 15 is 0 Å². The van der Waals surface area contributed by atoms with Crippen LogP contribution >= 0.6 is 0 Å². The summed E-state index contributed by atoms with van der Waals surface area (Å²) < 4.78 is 5.04. The number of ketones is 2. The van der Waals surface area contributed by atoms with Crippen LogP contribution < -0.4 is 0 Å². The van der Waals surface area contributed by atoms with Crippen molar-refractivity contribution in [3.63, 3.8) is 0 Å². The van der Waals surface area contributed by atoms with Crippen LogP contribution in [0.2, 0.25) is 0 Å². The topological polar surface area (TPSA) is 60.2 Å². The van der Waals surface area contributed by atoms with Gasteiger partial charge in [0.25, 0.3) is 0 Å². The molecule has 0 amide bonds. The number of aromatic nitrogens is 1. The third-order valence-corrected chi connectivity index (χ3v) is 2.68. The van der Waals surface area contributed by atoms with Crippen molar-refractivity contribution in [2.45, 2.75) is 5.92 Å². The van der Waals surface area contributed by atoms with Crippen LogP contribution in [0.1, 0.15) is 32.5 Å². The van der Waals surface area contributed by atoms with E-state index in [0.717, 1.165) is 0 Å². The molecule has 4 heteroatoms. The van der Waals surface area contributed by atoms with E-state index in [9.17, 15) is 9.59 Å². The minimum atomic E-state index is -0.896. The number of oxazole rings is 1. The highest BCUT2D eigenvalue weighted by molar-refractivity contribution is 6.29. The summed E-state index contributed by atoms with van der Waals surface area (Å²) in [5.41, 5.74) is 0.909. The van der Waals surface area contributed by atoms with Crippen molar-refractivity contribution in [3.05, 3.63) is 53.7 Å². The van der Waals surface area contributed by atoms with Gasteiger partial charge in [0.1, 0.15) is 6.26 Å². The number of Topliss-reactive ketones (excluding diaryl/α,β-unsaturated/α-hetero) is 2. The molecule has 0 unspecified atom stereocenters. The second kappa shape index (κ2) is 3.13. The summed E-state index contributed by atoms with van der Waals surface area (Å²) in [6, 6.07) is 6.78. The zero-order valence-electron chi connectivity index (χ0n) is 8.21. The quantitative estimate of drug-likeness (QED) is 0.678. The smallest absolute Gasteiger partial charge is 0.212 e. The minimum Gasteiger partial charge on any atom is -0.448 e. The fraction of sp³-hybridized carbons (Fsp3) is 0.0833. The van der Waals surface area contributed by atoms with E-state index in [1.165, 1.54) is 12.5 Å². The molecule has 0 spiro atoms. The first-order valence-corrected chi connectivity index (χ1v) is 4.86. The van der Waals surface area contributed by atoms with Gasteiger partial charge >= 0.3 is 0 Å². The van der Waals surface area contributed by atoms with Gasteiger partial charge in [-0.3, -0.25) is 9.59 Å². The van der Waals surface area contributed by atoms with Crippen molar-refractivity contribution in [3.8, 4) is 0 Å². The number of hydrogen-bond donors (Lipinski definition) is 0. The Labute approximate surface area is 90.9 Å². The molecule has 78 valence electrons. The molecule has 0 N–H and O–H groups in total. The molecule has 1 heterocycles. The normalized spacial score (nSPS) is 15.5. The maximum absolute atomic E-state index is 12.0. The van der Waals surface area contributed by atoms with Crippen LogP contribution in [0.4, 0.5) is 0 Å². The number of fused-ring (bicyclic) bond motifs is 1. The van der Waals surface area contributed by atoms with Gasteiger partial charge in [-0.05, 0) is 0 Å². The van der Waals surface area contributed by atoms with Gasteiger partial charge in [-0.2, -0.15) is 0 Å². The van der Waals surface area contributed by atoms with Crippen LogP contribution in [0, 0.1) is 0 Å². The largest absolute Gasteiger partial charge is 0.448 e. The number of rotatable bonds is 1. The lowest BCUT2D eigenvalue weighted by Gasteiger charge is -1.99. The third kappa shape index (κ3) is 1.07. The summed E-state index contributed by atoms with van der Waals surface area (Å²) in [7, 11) is 0. The molecule has 1 aromatic heterocycles. The molecule has 0 fully saturated rings. The van der Waals surface area contributed by atoms with Gasteiger partial charge in [0.2, 0.25) is 5.89 Å². The second-order valence-electron chi connectivity index (χ2n) is 3.58. The number of carbonyl (C=O) groups is 2. The summed E-state index contributed by atoms with van der Waals surface area (Å²) in [5.74, 6) is -1.19. The third-order valence-electron chi connectivity index (χ3n) is 2.68. The molecule has 4 nitrogen and oxygen atoms in total. The molecule has 1 aliphatic carbocycles. The molecule has 1 aromatic carbocycles. The molecule has 0 atom stereocenters. The lowest BCUT2D eigenvalue weighted by Crippen LogP contribution is -2.12. The number of benzene rings is 1. The summed E-state index contributed by atoms with van der Waals surface area (Å²) in [6.45, 7) is 0. The zero-order chi connectivity index (χ0) is 11.1. The molecule has 0 bridgehead atoms. The van der Waals surface area contributed by atoms with Crippen LogP contribution in [0.3, 0.4) is 0 Å². The molecule has 0 aliphatic heterocycles. The number of carbonyl (C=O) groups excluding carboxylic acids is 2. The molecule has 2 aromatic rings. The fourth-order valence-corrected chi connectivity index (χ4v) is 1.94. The number of nitrogens with zero attached hydrogens (tertiary/aromatic N) is 1. The van der Waals surface area contributed by atoms with Crippen molar-refractivity contribution in [1.29, 1.82) is 0 Å². The van der Waals surface area contributed by atoms with Crippen molar-refractivity contribution < 1.29 is 14.0 Å². The van der Waals surface area contributed by atoms with Crippen LogP contribution in [-0.2, 0) is 0 Å². The highest BCUT2D eigenvalue weighted by atomic mass is 16.3. The van der Waals surface area contributed by atoms with Gasteiger partial charge in [0.05, 0.1) is 6.20 Å². The van der Waals surface area contributed by atoms with Crippen molar-refractivity contribution in [2.24, 2.45) is 0 Å². The maximum Gasteiger partial charge on any atom is 0.212 e. The molecular formula is C12H7NO3. The lowest BCUT2D eigenvalue weighted by molar-refractivity contribution is 0.0874. The summed E-state index contributed by atoms with van der Waals surface area (Å²) in [6.07, 6.45) is 2.79. The highest BCUT2D eigenvalue weighted by Crippen LogP contribution is 2.32. The van der Waals surface area contributed by atoms with Gasteiger partial charge in [-0.15, -0.1) is 0 Å². The van der Waals surface area contributed by atoms with E-state index in [1.54, 1.807) is 24.3 Å². The maximum atomic E-state index is 12.0. The molecule has 0 saturated carbocycles. The van der Waals surface area contributed by atoms with E-state index in [0.29, 0.717) is 11.1 Å². The Balaban J connectivity index is 2.15. The van der Waals surface area contributed by atoms with Crippen LogP contribution in [0.15, 0.2) is 41.1 Å². The van der Waals surface area contributed by atoms with Crippen LogP contribution in [0.5, 0.6) is 0 Å². The Morgan fingerprint density at radius 3 is 2.19 bits per heavy atom. The van der Waals surface area contributed by atoms with E-state index < -0.39 is 5.92 Å². The average Bonchev–Trinajstić information content (AvgIpc) is 2.89.